The molecule has 0 radical (unpaired) electrons. The first-order valence-corrected chi connectivity index (χ1v) is 5.75. The predicted octanol–water partition coefficient (Wildman–Crippen LogP) is 1.83. The summed E-state index contributed by atoms with van der Waals surface area (Å²) in [5.41, 5.74) is 6.43. The average Bonchev–Trinajstić information content (AvgIpc) is 2.30. The summed E-state index contributed by atoms with van der Waals surface area (Å²) < 4.78 is 0. The van der Waals surface area contributed by atoms with Gasteiger partial charge in [-0.2, -0.15) is 0 Å². The topological polar surface area (TPSA) is 79.0 Å². The van der Waals surface area contributed by atoms with Crippen LogP contribution in [-0.4, -0.2) is 11.7 Å². The van der Waals surface area contributed by atoms with Gasteiger partial charge >= 0.3 is 0 Å². The lowest BCUT2D eigenvalue weighted by Crippen LogP contribution is -2.39. The third-order valence-corrected chi connectivity index (χ3v) is 2.76. The van der Waals surface area contributed by atoms with E-state index in [9.17, 15) is 4.79 Å². The van der Waals surface area contributed by atoms with Crippen molar-refractivity contribution in [1.82, 2.24) is 5.32 Å². The van der Waals surface area contributed by atoms with Gasteiger partial charge in [-0.25, -0.2) is 0 Å². The van der Waals surface area contributed by atoms with E-state index in [0.717, 1.165) is 5.56 Å². The number of amidine groups is 1. The van der Waals surface area contributed by atoms with Crippen LogP contribution in [0.1, 0.15) is 31.9 Å². The fourth-order valence-electron chi connectivity index (χ4n) is 1.69. The molecular weight excluding hydrogens is 214 g/mol. The number of nitrogens with two attached hydrogens (primary N) is 1. The molecule has 0 unspecified atom stereocenters. The second kappa shape index (κ2) is 6.03. The summed E-state index contributed by atoms with van der Waals surface area (Å²) in [5.74, 6) is -0.789. The molecule has 0 saturated heterocycles. The van der Waals surface area contributed by atoms with Crippen molar-refractivity contribution in [2.45, 2.75) is 26.3 Å². The molecule has 0 spiro atoms. The van der Waals surface area contributed by atoms with Gasteiger partial charge in [-0.3, -0.25) is 10.2 Å². The summed E-state index contributed by atoms with van der Waals surface area (Å²) in [6, 6.07) is 9.64. The minimum Gasteiger partial charge on any atom is -0.387 e. The standard InChI is InChI=1S/C13H19N3O/c1-3-11(12(14)15)13(17)16-9(2)10-7-5-4-6-8-10/h4-9,11H,3H2,1-2H3,(H3,14,15)(H,16,17)/t9-,11-/m1/s1. The van der Waals surface area contributed by atoms with Crippen molar-refractivity contribution >= 4 is 11.7 Å². The van der Waals surface area contributed by atoms with Crippen molar-refractivity contribution in [2.75, 3.05) is 0 Å². The molecule has 1 aromatic carbocycles. The first-order chi connectivity index (χ1) is 8.06. The molecule has 4 N–H and O–H groups in total. The van der Waals surface area contributed by atoms with Crippen molar-refractivity contribution in [1.29, 1.82) is 5.41 Å². The van der Waals surface area contributed by atoms with E-state index >= 15 is 0 Å². The van der Waals surface area contributed by atoms with E-state index in [1.54, 1.807) is 0 Å². The smallest absolute Gasteiger partial charge is 0.231 e. The Morgan fingerprint density at radius 1 is 1.41 bits per heavy atom. The van der Waals surface area contributed by atoms with Gasteiger partial charge < -0.3 is 11.1 Å². The Labute approximate surface area is 102 Å². The number of hydrogen-bond acceptors (Lipinski definition) is 2. The minimum atomic E-state index is -0.527. The van der Waals surface area contributed by atoms with E-state index in [1.807, 2.05) is 44.2 Å². The van der Waals surface area contributed by atoms with Crippen LogP contribution in [0.15, 0.2) is 30.3 Å². The summed E-state index contributed by atoms with van der Waals surface area (Å²) in [5, 5.41) is 10.2. The molecule has 17 heavy (non-hydrogen) atoms. The Morgan fingerprint density at radius 2 is 2.00 bits per heavy atom. The van der Waals surface area contributed by atoms with Gasteiger partial charge in [0, 0.05) is 0 Å². The molecule has 2 atom stereocenters. The van der Waals surface area contributed by atoms with Gasteiger partial charge in [0.25, 0.3) is 0 Å². The van der Waals surface area contributed by atoms with Crippen molar-refractivity contribution in [3.8, 4) is 0 Å². The van der Waals surface area contributed by atoms with Gasteiger partial charge in [0.1, 0.15) is 5.84 Å². The van der Waals surface area contributed by atoms with Gasteiger partial charge in [-0.1, -0.05) is 37.3 Å². The number of rotatable bonds is 5. The number of carbonyl (C=O) groups is 1. The number of carbonyl (C=O) groups excluding carboxylic acids is 1. The van der Waals surface area contributed by atoms with Gasteiger partial charge in [0.2, 0.25) is 5.91 Å². The Hall–Kier alpha value is -1.84. The highest BCUT2D eigenvalue weighted by atomic mass is 16.2. The molecule has 1 amide bonds. The molecule has 0 fully saturated rings. The third kappa shape index (κ3) is 3.59. The maximum atomic E-state index is 11.9. The normalized spacial score (nSPS) is 13.8. The van der Waals surface area contributed by atoms with Gasteiger partial charge in [0.05, 0.1) is 12.0 Å². The molecule has 0 aliphatic carbocycles. The molecule has 0 aromatic heterocycles. The monoisotopic (exact) mass is 233 g/mol. The fourth-order valence-corrected chi connectivity index (χ4v) is 1.69. The number of benzene rings is 1. The van der Waals surface area contributed by atoms with Crippen LogP contribution in [0.25, 0.3) is 0 Å². The lowest BCUT2D eigenvalue weighted by atomic mass is 10.0. The van der Waals surface area contributed by atoms with Crippen molar-refractivity contribution in [3.63, 3.8) is 0 Å². The minimum absolute atomic E-state index is 0.0721. The zero-order valence-corrected chi connectivity index (χ0v) is 10.2. The van der Waals surface area contributed by atoms with Crippen LogP contribution in [0.5, 0.6) is 0 Å². The summed E-state index contributed by atoms with van der Waals surface area (Å²) in [7, 11) is 0. The van der Waals surface area contributed by atoms with E-state index in [1.165, 1.54) is 0 Å². The molecule has 1 aromatic rings. The molecule has 0 aliphatic heterocycles. The lowest BCUT2D eigenvalue weighted by molar-refractivity contribution is -0.123. The van der Waals surface area contributed by atoms with E-state index < -0.39 is 5.92 Å². The van der Waals surface area contributed by atoms with E-state index in [2.05, 4.69) is 5.32 Å². The SMILES string of the molecule is CC[C@H](C(=N)N)C(=O)N[C@H](C)c1ccccc1. The molecule has 92 valence electrons. The maximum Gasteiger partial charge on any atom is 0.231 e. The van der Waals surface area contributed by atoms with Crippen LogP contribution >= 0.6 is 0 Å². The van der Waals surface area contributed by atoms with Crippen LogP contribution in [0.4, 0.5) is 0 Å². The Kier molecular flexibility index (Phi) is 4.69. The quantitative estimate of drug-likeness (QED) is 0.536. The van der Waals surface area contributed by atoms with Crippen molar-refractivity contribution < 1.29 is 4.79 Å². The number of nitrogens with one attached hydrogen (secondary N) is 2. The van der Waals surface area contributed by atoms with Crippen LogP contribution in [0, 0.1) is 11.3 Å². The summed E-state index contributed by atoms with van der Waals surface area (Å²) in [6.45, 7) is 3.76. The second-order valence-corrected chi connectivity index (χ2v) is 4.06. The maximum absolute atomic E-state index is 11.9. The molecule has 4 nitrogen and oxygen atoms in total. The zero-order valence-electron chi connectivity index (χ0n) is 10.2. The van der Waals surface area contributed by atoms with Crippen LogP contribution < -0.4 is 11.1 Å². The second-order valence-electron chi connectivity index (χ2n) is 4.06. The van der Waals surface area contributed by atoms with E-state index in [-0.39, 0.29) is 17.8 Å². The summed E-state index contributed by atoms with van der Waals surface area (Å²) in [4.78, 5) is 11.9. The highest BCUT2D eigenvalue weighted by molar-refractivity contribution is 6.00. The molecular formula is C13H19N3O. The highest BCUT2D eigenvalue weighted by Crippen LogP contribution is 2.12. The van der Waals surface area contributed by atoms with E-state index in [4.69, 9.17) is 11.1 Å². The first kappa shape index (κ1) is 13.2. The molecule has 1 rings (SSSR count). The zero-order chi connectivity index (χ0) is 12.8. The molecule has 0 aliphatic rings. The lowest BCUT2D eigenvalue weighted by Gasteiger charge is -2.18. The first-order valence-electron chi connectivity index (χ1n) is 5.75. The molecule has 0 bridgehead atoms. The van der Waals surface area contributed by atoms with Crippen LogP contribution in [0.2, 0.25) is 0 Å². The fraction of sp³-hybridized carbons (Fsp3) is 0.385. The molecule has 4 heteroatoms. The molecule has 0 heterocycles. The van der Waals surface area contributed by atoms with Crippen molar-refractivity contribution in [2.24, 2.45) is 11.7 Å². The Morgan fingerprint density at radius 3 is 2.47 bits per heavy atom. The van der Waals surface area contributed by atoms with Crippen LogP contribution in [0.3, 0.4) is 0 Å². The third-order valence-electron chi connectivity index (χ3n) is 2.76. The Bertz CT molecular complexity index is 389. The number of hydrogen-bond donors (Lipinski definition) is 3. The van der Waals surface area contributed by atoms with E-state index in [0.29, 0.717) is 6.42 Å². The Balaban J connectivity index is 2.66. The van der Waals surface area contributed by atoms with Crippen LogP contribution in [-0.2, 0) is 4.79 Å². The van der Waals surface area contributed by atoms with Gasteiger partial charge in [-0.15, -0.1) is 0 Å². The van der Waals surface area contributed by atoms with Gasteiger partial charge in [-0.05, 0) is 18.9 Å². The summed E-state index contributed by atoms with van der Waals surface area (Å²) in [6.07, 6.45) is 0.544. The largest absolute Gasteiger partial charge is 0.387 e. The predicted molar refractivity (Wildman–Crippen MR) is 68.7 cm³/mol. The van der Waals surface area contributed by atoms with Crippen molar-refractivity contribution in [3.05, 3.63) is 35.9 Å². The highest BCUT2D eigenvalue weighted by Gasteiger charge is 2.21. The number of amides is 1. The van der Waals surface area contributed by atoms with Gasteiger partial charge in [0.15, 0.2) is 0 Å². The molecule has 0 saturated carbocycles. The summed E-state index contributed by atoms with van der Waals surface area (Å²) >= 11 is 0. The average molecular weight is 233 g/mol.